The summed E-state index contributed by atoms with van der Waals surface area (Å²) in [5, 5.41) is 12.5. The zero-order chi connectivity index (χ0) is 23.9. The summed E-state index contributed by atoms with van der Waals surface area (Å²) in [7, 11) is 0. The van der Waals surface area contributed by atoms with Crippen LogP contribution < -0.4 is 5.32 Å². The molecule has 2 fully saturated rings. The van der Waals surface area contributed by atoms with Gasteiger partial charge in [-0.2, -0.15) is 0 Å². The number of likely N-dealkylation sites (tertiary alicyclic amines) is 1. The zero-order valence-electron chi connectivity index (χ0n) is 19.4. The Morgan fingerprint density at radius 3 is 2.15 bits per heavy atom. The maximum Gasteiger partial charge on any atom is 0.408 e. The fourth-order valence-corrected chi connectivity index (χ4v) is 5.72. The highest BCUT2D eigenvalue weighted by Crippen LogP contribution is 2.45. The van der Waals surface area contributed by atoms with E-state index in [9.17, 15) is 19.5 Å². The minimum atomic E-state index is -0.995. The first-order chi connectivity index (χ1) is 16.4. The summed E-state index contributed by atoms with van der Waals surface area (Å²) in [5.74, 6) is -1.10. The molecule has 5 rings (SSSR count). The van der Waals surface area contributed by atoms with Crippen LogP contribution in [0, 0.1) is 5.41 Å². The number of carboxylic acid groups (broad SMARTS) is 1. The summed E-state index contributed by atoms with van der Waals surface area (Å²) in [5.41, 5.74) is 2.68. The molecule has 0 spiro atoms. The molecular weight excluding hydrogens is 432 g/mol. The molecule has 2 aromatic carbocycles. The number of nitrogens with zero attached hydrogens (tertiary/aromatic N) is 1. The van der Waals surface area contributed by atoms with Gasteiger partial charge in [-0.3, -0.25) is 9.59 Å². The smallest absolute Gasteiger partial charge is 0.408 e. The van der Waals surface area contributed by atoms with Crippen molar-refractivity contribution in [2.75, 3.05) is 19.7 Å². The van der Waals surface area contributed by atoms with Crippen LogP contribution in [0.1, 0.15) is 56.1 Å². The molecule has 2 aromatic rings. The number of aliphatic carboxylic acids is 1. The van der Waals surface area contributed by atoms with Crippen LogP contribution in [0.2, 0.25) is 0 Å². The molecule has 34 heavy (non-hydrogen) atoms. The fraction of sp³-hybridized carbons (Fsp3) is 0.444. The lowest BCUT2D eigenvalue weighted by Crippen LogP contribution is -2.63. The van der Waals surface area contributed by atoms with Crippen LogP contribution >= 0.6 is 0 Å². The van der Waals surface area contributed by atoms with Crippen LogP contribution in [0.15, 0.2) is 48.5 Å². The van der Waals surface area contributed by atoms with Crippen molar-refractivity contribution in [1.82, 2.24) is 10.2 Å². The van der Waals surface area contributed by atoms with Gasteiger partial charge in [0.25, 0.3) is 0 Å². The van der Waals surface area contributed by atoms with Gasteiger partial charge >= 0.3 is 12.1 Å². The molecule has 1 aliphatic heterocycles. The number of hydrogen-bond acceptors (Lipinski definition) is 4. The molecule has 178 valence electrons. The largest absolute Gasteiger partial charge is 0.481 e. The Morgan fingerprint density at radius 1 is 1.03 bits per heavy atom. The van der Waals surface area contributed by atoms with E-state index in [0.717, 1.165) is 28.7 Å². The van der Waals surface area contributed by atoms with Gasteiger partial charge in [0.05, 0.1) is 5.41 Å². The van der Waals surface area contributed by atoms with Crippen LogP contribution in [0.3, 0.4) is 0 Å². The molecule has 2 aliphatic carbocycles. The first kappa shape index (κ1) is 22.4. The SMILES string of the molecule is CCC1(C(=O)O)CCN(C(=O)C2(NC(=O)OCC3c4ccccc4-c4ccccc43)CCC2)C1. The molecule has 1 saturated carbocycles. The van der Waals surface area contributed by atoms with E-state index in [4.69, 9.17) is 4.74 Å². The quantitative estimate of drug-likeness (QED) is 0.672. The first-order valence-electron chi connectivity index (χ1n) is 12.1. The molecule has 1 heterocycles. The van der Waals surface area contributed by atoms with Crippen LogP contribution in [0.25, 0.3) is 11.1 Å². The number of alkyl carbamates (subject to hydrolysis) is 1. The van der Waals surface area contributed by atoms with Gasteiger partial charge in [0.1, 0.15) is 12.1 Å². The molecule has 3 aliphatic rings. The third kappa shape index (κ3) is 3.54. The number of carbonyl (C=O) groups excluding carboxylic acids is 2. The third-order valence-corrected chi connectivity index (χ3v) is 8.07. The molecule has 2 N–H and O–H groups in total. The highest BCUT2D eigenvalue weighted by molar-refractivity contribution is 5.92. The van der Waals surface area contributed by atoms with E-state index in [0.29, 0.717) is 32.2 Å². The first-order valence-corrected chi connectivity index (χ1v) is 12.1. The molecular formula is C27H30N2O5. The number of hydrogen-bond donors (Lipinski definition) is 2. The van der Waals surface area contributed by atoms with E-state index in [2.05, 4.69) is 29.6 Å². The standard InChI is InChI=1S/C27H30N2O5/c1-2-26(24(31)32)14-15-29(17-26)23(30)27(12-7-13-27)28-25(33)34-16-22-20-10-5-3-8-18(20)19-9-4-6-11-21(19)22/h3-6,8-11,22H,2,7,12-17H2,1H3,(H,28,33)(H,31,32). The third-order valence-electron chi connectivity index (χ3n) is 8.07. The number of ether oxygens (including phenoxy) is 1. The van der Waals surface area contributed by atoms with Crippen molar-refractivity contribution in [2.24, 2.45) is 5.41 Å². The maximum atomic E-state index is 13.4. The number of rotatable bonds is 6. The molecule has 0 aromatic heterocycles. The lowest BCUT2D eigenvalue weighted by atomic mass is 9.75. The van der Waals surface area contributed by atoms with Crippen LogP contribution in [0.4, 0.5) is 4.79 Å². The maximum absolute atomic E-state index is 13.4. The molecule has 1 atom stereocenters. The Morgan fingerprint density at radius 2 is 1.65 bits per heavy atom. The van der Waals surface area contributed by atoms with Gasteiger partial charge in [-0.15, -0.1) is 0 Å². The van der Waals surface area contributed by atoms with Crippen LogP contribution in [-0.4, -0.2) is 53.2 Å². The summed E-state index contributed by atoms with van der Waals surface area (Å²) in [6, 6.07) is 16.3. The van der Waals surface area contributed by atoms with Gasteiger partial charge in [-0.05, 0) is 54.4 Å². The van der Waals surface area contributed by atoms with Gasteiger partial charge in [0, 0.05) is 19.0 Å². The van der Waals surface area contributed by atoms with Crippen LogP contribution in [0.5, 0.6) is 0 Å². The van der Waals surface area contributed by atoms with Crippen molar-refractivity contribution in [3.63, 3.8) is 0 Å². The summed E-state index contributed by atoms with van der Waals surface area (Å²) in [4.78, 5) is 39.6. The normalized spacial score (nSPS) is 22.4. The number of nitrogens with one attached hydrogen (secondary N) is 1. The number of amides is 2. The van der Waals surface area contributed by atoms with Gasteiger partial charge in [-0.25, -0.2) is 4.79 Å². The highest BCUT2D eigenvalue weighted by atomic mass is 16.5. The Labute approximate surface area is 199 Å². The predicted molar refractivity (Wildman–Crippen MR) is 126 cm³/mol. The predicted octanol–water partition coefficient (Wildman–Crippen LogP) is 4.16. The average molecular weight is 463 g/mol. The monoisotopic (exact) mass is 462 g/mol. The van der Waals surface area contributed by atoms with Crippen molar-refractivity contribution >= 4 is 18.0 Å². The summed E-state index contributed by atoms with van der Waals surface area (Å²) < 4.78 is 5.67. The molecule has 0 bridgehead atoms. The Kier molecular flexibility index (Phi) is 5.58. The summed E-state index contributed by atoms with van der Waals surface area (Å²) in [6.07, 6.45) is 2.22. The summed E-state index contributed by atoms with van der Waals surface area (Å²) in [6.45, 7) is 2.61. The van der Waals surface area contributed by atoms with Crippen molar-refractivity contribution in [1.29, 1.82) is 0 Å². The van der Waals surface area contributed by atoms with E-state index in [1.165, 1.54) is 0 Å². The second-order valence-corrected chi connectivity index (χ2v) is 9.80. The van der Waals surface area contributed by atoms with E-state index in [1.54, 1.807) is 4.90 Å². The highest BCUT2D eigenvalue weighted by Gasteiger charge is 2.52. The van der Waals surface area contributed by atoms with Gasteiger partial charge in [-0.1, -0.05) is 55.5 Å². The Bertz CT molecular complexity index is 1100. The van der Waals surface area contributed by atoms with Crippen molar-refractivity contribution in [2.45, 2.75) is 50.5 Å². The number of carbonyl (C=O) groups is 3. The summed E-state index contributed by atoms with van der Waals surface area (Å²) >= 11 is 0. The average Bonchev–Trinajstić information content (AvgIpc) is 3.40. The minimum absolute atomic E-state index is 0.0505. The van der Waals surface area contributed by atoms with E-state index in [-0.39, 0.29) is 25.0 Å². The molecule has 0 radical (unpaired) electrons. The fourth-order valence-electron chi connectivity index (χ4n) is 5.72. The van der Waals surface area contributed by atoms with E-state index >= 15 is 0 Å². The number of fused-ring (bicyclic) bond motifs is 3. The topological polar surface area (TPSA) is 95.9 Å². The molecule has 7 heteroatoms. The lowest BCUT2D eigenvalue weighted by molar-refractivity contribution is -0.149. The van der Waals surface area contributed by atoms with Crippen molar-refractivity contribution in [3.05, 3.63) is 59.7 Å². The second kappa shape index (κ2) is 8.46. The van der Waals surface area contributed by atoms with Crippen molar-refractivity contribution < 1.29 is 24.2 Å². The molecule has 1 unspecified atom stereocenters. The molecule has 7 nitrogen and oxygen atoms in total. The van der Waals surface area contributed by atoms with Gasteiger partial charge in [0.15, 0.2) is 0 Å². The Balaban J connectivity index is 1.26. The van der Waals surface area contributed by atoms with E-state index in [1.807, 2.05) is 31.2 Å². The molecule has 2 amide bonds. The number of carboxylic acids is 1. The zero-order valence-corrected chi connectivity index (χ0v) is 19.4. The van der Waals surface area contributed by atoms with E-state index < -0.39 is 23.0 Å². The molecule has 1 saturated heterocycles. The Hall–Kier alpha value is -3.35. The van der Waals surface area contributed by atoms with Crippen molar-refractivity contribution in [3.8, 4) is 11.1 Å². The minimum Gasteiger partial charge on any atom is -0.481 e. The number of benzene rings is 2. The van der Waals surface area contributed by atoms with Gasteiger partial charge < -0.3 is 20.1 Å². The van der Waals surface area contributed by atoms with Gasteiger partial charge in [0.2, 0.25) is 5.91 Å². The second-order valence-electron chi connectivity index (χ2n) is 9.80. The van der Waals surface area contributed by atoms with Crippen LogP contribution in [-0.2, 0) is 14.3 Å². The lowest BCUT2D eigenvalue weighted by Gasteiger charge is -2.43.